The summed E-state index contributed by atoms with van der Waals surface area (Å²) in [5, 5.41) is 14.5. The number of aromatic nitrogens is 2. The third-order valence-electron chi connectivity index (χ3n) is 4.75. The molecule has 1 heterocycles. The molecule has 0 aliphatic carbocycles. The van der Waals surface area contributed by atoms with Crippen LogP contribution in [0.25, 0.3) is 5.69 Å². The van der Waals surface area contributed by atoms with Crippen molar-refractivity contribution in [1.29, 1.82) is 0 Å². The number of nitrogens with zero attached hydrogens (tertiary/aromatic N) is 3. The number of halogens is 2. The molecule has 0 saturated carbocycles. The van der Waals surface area contributed by atoms with Crippen LogP contribution in [0.1, 0.15) is 18.2 Å². The highest BCUT2D eigenvalue weighted by atomic mass is 19.1. The van der Waals surface area contributed by atoms with Crippen LogP contribution >= 0.6 is 0 Å². The zero-order valence-corrected chi connectivity index (χ0v) is 17.9. The maximum Gasteiger partial charge on any atom is 0.227 e. The molecule has 166 valence electrons. The summed E-state index contributed by atoms with van der Waals surface area (Å²) in [5.74, 6) is -1.24. The highest BCUT2D eigenvalue weighted by Crippen LogP contribution is 2.33. The Bertz CT molecular complexity index is 993. The predicted molar refractivity (Wildman–Crippen MR) is 114 cm³/mol. The van der Waals surface area contributed by atoms with E-state index in [1.54, 1.807) is 18.7 Å². The van der Waals surface area contributed by atoms with Crippen LogP contribution in [0.3, 0.4) is 0 Å². The van der Waals surface area contributed by atoms with Gasteiger partial charge in [-0.05, 0) is 38.1 Å². The first-order valence-corrected chi connectivity index (χ1v) is 10.0. The minimum atomic E-state index is -0.801. The van der Waals surface area contributed by atoms with Gasteiger partial charge in [-0.15, -0.1) is 0 Å². The molecule has 1 atom stereocenters. The van der Waals surface area contributed by atoms with E-state index in [0.29, 0.717) is 37.8 Å². The minimum absolute atomic E-state index is 0.0984. The monoisotopic (exact) mass is 431 g/mol. The minimum Gasteiger partial charge on any atom is -0.435 e. The van der Waals surface area contributed by atoms with Crippen molar-refractivity contribution in [3.63, 3.8) is 0 Å². The summed E-state index contributed by atoms with van der Waals surface area (Å²) < 4.78 is 40.5. The van der Waals surface area contributed by atoms with Crippen molar-refractivity contribution in [2.45, 2.75) is 26.5 Å². The van der Waals surface area contributed by atoms with Crippen LogP contribution < -0.4 is 4.74 Å². The second-order valence-corrected chi connectivity index (χ2v) is 7.37. The molecule has 0 fully saturated rings. The number of hydrogen-bond acceptors (Lipinski definition) is 5. The topological polar surface area (TPSA) is 59.8 Å². The van der Waals surface area contributed by atoms with E-state index in [9.17, 15) is 13.9 Å². The van der Waals surface area contributed by atoms with Gasteiger partial charge in [-0.2, -0.15) is 5.10 Å². The molecule has 1 aromatic heterocycles. The van der Waals surface area contributed by atoms with Gasteiger partial charge < -0.3 is 14.6 Å². The van der Waals surface area contributed by atoms with Gasteiger partial charge in [-0.1, -0.05) is 18.2 Å². The van der Waals surface area contributed by atoms with E-state index < -0.39 is 17.7 Å². The molecule has 6 nitrogen and oxygen atoms in total. The van der Waals surface area contributed by atoms with Crippen LogP contribution in [0.4, 0.5) is 8.78 Å². The number of hydrogen-bond donors (Lipinski definition) is 1. The van der Waals surface area contributed by atoms with Crippen molar-refractivity contribution in [1.82, 2.24) is 14.7 Å². The summed E-state index contributed by atoms with van der Waals surface area (Å²) in [5.41, 5.74) is 2.19. The molecular formula is C23H27F2N3O3. The molecule has 0 aliphatic rings. The number of ether oxygens (including phenoxy) is 2. The zero-order valence-electron chi connectivity index (χ0n) is 17.9. The van der Waals surface area contributed by atoms with Gasteiger partial charge in [0, 0.05) is 32.8 Å². The van der Waals surface area contributed by atoms with Gasteiger partial charge in [0.05, 0.1) is 29.7 Å². The lowest BCUT2D eigenvalue weighted by Gasteiger charge is -2.23. The van der Waals surface area contributed by atoms with Crippen LogP contribution in [0.5, 0.6) is 11.6 Å². The van der Waals surface area contributed by atoms with E-state index in [0.717, 1.165) is 23.4 Å². The van der Waals surface area contributed by atoms with Gasteiger partial charge in [-0.3, -0.25) is 4.90 Å². The smallest absolute Gasteiger partial charge is 0.227 e. The van der Waals surface area contributed by atoms with E-state index in [1.807, 2.05) is 42.2 Å². The van der Waals surface area contributed by atoms with Crippen LogP contribution in [0, 0.1) is 18.6 Å². The molecule has 0 unspecified atom stereocenters. The number of aliphatic hydroxyl groups excluding tert-OH is 1. The molecule has 3 aromatic rings. The van der Waals surface area contributed by atoms with E-state index in [1.165, 1.54) is 6.07 Å². The average Bonchev–Trinajstić information content (AvgIpc) is 3.04. The summed E-state index contributed by atoms with van der Waals surface area (Å²) in [6, 6.07) is 12.5. The van der Waals surface area contributed by atoms with Crippen LogP contribution in [-0.2, 0) is 11.3 Å². The Morgan fingerprint density at radius 2 is 1.90 bits per heavy atom. The van der Waals surface area contributed by atoms with Gasteiger partial charge in [0.25, 0.3) is 0 Å². The number of aryl methyl sites for hydroxylation is 1. The second kappa shape index (κ2) is 10.5. The lowest BCUT2D eigenvalue weighted by atomic mass is 10.2. The molecule has 2 aromatic carbocycles. The highest BCUT2D eigenvalue weighted by Gasteiger charge is 2.23. The quantitative estimate of drug-likeness (QED) is 0.524. The largest absolute Gasteiger partial charge is 0.435 e. The van der Waals surface area contributed by atoms with Crippen molar-refractivity contribution >= 4 is 0 Å². The molecule has 0 spiro atoms. The van der Waals surface area contributed by atoms with Crippen molar-refractivity contribution in [3.05, 3.63) is 71.4 Å². The lowest BCUT2D eigenvalue weighted by molar-refractivity contribution is 0.0934. The molecule has 8 heteroatoms. The molecular weight excluding hydrogens is 404 g/mol. The Labute approximate surface area is 180 Å². The molecule has 0 aliphatic heterocycles. The molecule has 0 bridgehead atoms. The van der Waals surface area contributed by atoms with Gasteiger partial charge in [0.2, 0.25) is 5.88 Å². The fourth-order valence-corrected chi connectivity index (χ4v) is 3.28. The summed E-state index contributed by atoms with van der Waals surface area (Å²) >= 11 is 0. The molecule has 3 rings (SSSR count). The Morgan fingerprint density at radius 3 is 2.55 bits per heavy atom. The van der Waals surface area contributed by atoms with Crippen LogP contribution in [0.2, 0.25) is 0 Å². The number of methoxy groups -OCH3 is 1. The normalized spacial score (nSPS) is 12.4. The highest BCUT2D eigenvalue weighted by molar-refractivity contribution is 5.43. The maximum absolute atomic E-state index is 14.4. The Morgan fingerprint density at radius 1 is 1.16 bits per heavy atom. The molecule has 31 heavy (non-hydrogen) atoms. The van der Waals surface area contributed by atoms with Crippen molar-refractivity contribution in [2.24, 2.45) is 0 Å². The summed E-state index contributed by atoms with van der Waals surface area (Å²) in [7, 11) is 1.62. The van der Waals surface area contributed by atoms with Crippen LogP contribution in [0.15, 0.2) is 48.5 Å². The van der Waals surface area contributed by atoms with E-state index in [4.69, 9.17) is 9.47 Å². The second-order valence-electron chi connectivity index (χ2n) is 7.37. The molecule has 0 saturated heterocycles. The SMILES string of the molecule is COCCN(Cc1c(C)nn(-c2ccccc2)c1Oc1ccc(F)cc1F)C[C@@H](C)O. The molecule has 0 radical (unpaired) electrons. The third-order valence-corrected chi connectivity index (χ3v) is 4.75. The number of para-hydroxylation sites is 1. The fourth-order valence-electron chi connectivity index (χ4n) is 3.28. The first-order chi connectivity index (χ1) is 14.9. The van der Waals surface area contributed by atoms with Gasteiger partial charge in [0.15, 0.2) is 11.6 Å². The van der Waals surface area contributed by atoms with E-state index in [2.05, 4.69) is 5.10 Å². The zero-order chi connectivity index (χ0) is 22.4. The van der Waals surface area contributed by atoms with E-state index in [-0.39, 0.29) is 5.75 Å². The Balaban J connectivity index is 2.04. The van der Waals surface area contributed by atoms with Gasteiger partial charge >= 0.3 is 0 Å². The van der Waals surface area contributed by atoms with Gasteiger partial charge in [-0.25, -0.2) is 13.5 Å². The number of aliphatic hydroxyl groups is 1. The van der Waals surface area contributed by atoms with Crippen LogP contribution in [-0.4, -0.2) is 52.7 Å². The standard InChI is InChI=1S/C23H27F2N3O3/c1-16(29)14-27(11-12-30-3)15-20-17(2)26-28(19-7-5-4-6-8-19)23(20)31-22-10-9-18(24)13-21(22)25/h4-10,13,16,29H,11-12,14-15H2,1-3H3/t16-/m1/s1. The van der Waals surface area contributed by atoms with Gasteiger partial charge in [0.1, 0.15) is 5.82 Å². The van der Waals surface area contributed by atoms with Crippen molar-refractivity contribution in [2.75, 3.05) is 26.8 Å². The Kier molecular flexibility index (Phi) is 7.73. The van der Waals surface area contributed by atoms with Crippen molar-refractivity contribution in [3.8, 4) is 17.3 Å². The Hall–Kier alpha value is -2.81. The number of benzene rings is 2. The lowest BCUT2D eigenvalue weighted by Crippen LogP contribution is -2.33. The van der Waals surface area contributed by atoms with Crippen molar-refractivity contribution < 1.29 is 23.4 Å². The summed E-state index contributed by atoms with van der Waals surface area (Å²) in [6.07, 6.45) is -0.541. The molecule has 0 amide bonds. The fraction of sp³-hybridized carbons (Fsp3) is 0.348. The third kappa shape index (κ3) is 5.88. The summed E-state index contributed by atoms with van der Waals surface area (Å²) in [6.45, 7) is 5.46. The average molecular weight is 431 g/mol. The maximum atomic E-state index is 14.4. The predicted octanol–water partition coefficient (Wildman–Crippen LogP) is 4.08. The van der Waals surface area contributed by atoms with E-state index >= 15 is 0 Å². The first kappa shape index (κ1) is 22.9. The first-order valence-electron chi connectivity index (χ1n) is 10.0. The molecule has 1 N–H and O–H groups in total. The number of rotatable bonds is 10. The summed E-state index contributed by atoms with van der Waals surface area (Å²) in [4.78, 5) is 2.02.